The van der Waals surface area contributed by atoms with Gasteiger partial charge in [-0.05, 0) is 31.5 Å². The number of ether oxygens (including phenoxy) is 1. The SMILES string of the molecule is COC(=O)CN(C(=O)Cc1cccc(Br)c1)C(C)C. The first-order chi connectivity index (χ1) is 8.93. The lowest BCUT2D eigenvalue weighted by Crippen LogP contribution is -2.41. The first-order valence-electron chi connectivity index (χ1n) is 6.04. The minimum atomic E-state index is -0.406. The minimum Gasteiger partial charge on any atom is -0.468 e. The van der Waals surface area contributed by atoms with Crippen molar-refractivity contribution in [2.75, 3.05) is 13.7 Å². The van der Waals surface area contributed by atoms with Gasteiger partial charge in [-0.25, -0.2) is 0 Å². The Morgan fingerprint density at radius 1 is 1.37 bits per heavy atom. The van der Waals surface area contributed by atoms with Crippen LogP contribution in [0.1, 0.15) is 19.4 Å². The average molecular weight is 328 g/mol. The second-order valence-corrected chi connectivity index (χ2v) is 5.41. The van der Waals surface area contributed by atoms with Gasteiger partial charge in [0.1, 0.15) is 6.54 Å². The number of nitrogens with zero attached hydrogens (tertiary/aromatic N) is 1. The molecule has 1 aromatic rings. The fourth-order valence-electron chi connectivity index (χ4n) is 1.69. The van der Waals surface area contributed by atoms with Crippen LogP contribution in [0.3, 0.4) is 0 Å². The summed E-state index contributed by atoms with van der Waals surface area (Å²) < 4.78 is 5.54. The molecule has 0 spiro atoms. The minimum absolute atomic E-state index is 0.0129. The van der Waals surface area contributed by atoms with E-state index < -0.39 is 5.97 Å². The molecule has 0 aliphatic rings. The highest BCUT2D eigenvalue weighted by Crippen LogP contribution is 2.13. The van der Waals surface area contributed by atoms with Gasteiger partial charge in [0.2, 0.25) is 5.91 Å². The zero-order valence-electron chi connectivity index (χ0n) is 11.4. The lowest BCUT2D eigenvalue weighted by molar-refractivity contribution is -0.148. The van der Waals surface area contributed by atoms with Crippen molar-refractivity contribution in [3.8, 4) is 0 Å². The van der Waals surface area contributed by atoms with E-state index >= 15 is 0 Å². The van der Waals surface area contributed by atoms with E-state index in [1.54, 1.807) is 0 Å². The van der Waals surface area contributed by atoms with Gasteiger partial charge in [0.05, 0.1) is 13.5 Å². The maximum atomic E-state index is 12.2. The molecule has 0 bridgehead atoms. The Morgan fingerprint density at radius 3 is 2.58 bits per heavy atom. The van der Waals surface area contributed by atoms with Crippen LogP contribution in [0.25, 0.3) is 0 Å². The Morgan fingerprint density at radius 2 is 2.05 bits per heavy atom. The van der Waals surface area contributed by atoms with Crippen LogP contribution in [0.4, 0.5) is 0 Å². The molecule has 1 aromatic carbocycles. The molecule has 0 fully saturated rings. The second kappa shape index (κ2) is 7.28. The van der Waals surface area contributed by atoms with Gasteiger partial charge in [0.15, 0.2) is 0 Å². The third-order valence-electron chi connectivity index (χ3n) is 2.72. The highest BCUT2D eigenvalue weighted by Gasteiger charge is 2.20. The van der Waals surface area contributed by atoms with Crippen molar-refractivity contribution in [1.29, 1.82) is 0 Å². The van der Waals surface area contributed by atoms with Crippen molar-refractivity contribution < 1.29 is 14.3 Å². The maximum Gasteiger partial charge on any atom is 0.325 e. The van der Waals surface area contributed by atoms with Crippen molar-refractivity contribution >= 4 is 27.8 Å². The summed E-state index contributed by atoms with van der Waals surface area (Å²) in [7, 11) is 1.32. The van der Waals surface area contributed by atoms with Crippen molar-refractivity contribution in [2.45, 2.75) is 26.3 Å². The number of esters is 1. The number of carbonyl (C=O) groups excluding carboxylic acids is 2. The molecule has 0 saturated heterocycles. The fourth-order valence-corrected chi connectivity index (χ4v) is 2.13. The summed E-state index contributed by atoms with van der Waals surface area (Å²) in [6.45, 7) is 3.74. The fraction of sp³-hybridized carbons (Fsp3) is 0.429. The van der Waals surface area contributed by atoms with Crippen LogP contribution in [-0.4, -0.2) is 36.5 Å². The summed E-state index contributed by atoms with van der Waals surface area (Å²) in [5, 5.41) is 0. The summed E-state index contributed by atoms with van der Waals surface area (Å²) in [5.74, 6) is -0.491. The largest absolute Gasteiger partial charge is 0.468 e. The molecular weight excluding hydrogens is 310 g/mol. The molecule has 104 valence electrons. The van der Waals surface area contributed by atoms with Crippen LogP contribution >= 0.6 is 15.9 Å². The molecule has 0 saturated carbocycles. The van der Waals surface area contributed by atoms with Crippen LogP contribution in [-0.2, 0) is 20.7 Å². The molecule has 19 heavy (non-hydrogen) atoms. The van der Waals surface area contributed by atoms with Gasteiger partial charge in [-0.3, -0.25) is 9.59 Å². The molecule has 0 aromatic heterocycles. The van der Waals surface area contributed by atoms with Crippen LogP contribution in [0.15, 0.2) is 28.7 Å². The molecule has 0 atom stereocenters. The van der Waals surface area contributed by atoms with E-state index in [-0.39, 0.29) is 24.9 Å². The highest BCUT2D eigenvalue weighted by molar-refractivity contribution is 9.10. The molecular formula is C14H18BrNO3. The van der Waals surface area contributed by atoms with E-state index in [1.165, 1.54) is 12.0 Å². The predicted octanol–water partition coefficient (Wildman–Crippen LogP) is 2.40. The number of amides is 1. The smallest absolute Gasteiger partial charge is 0.325 e. The third kappa shape index (κ3) is 5.03. The van der Waals surface area contributed by atoms with Crippen molar-refractivity contribution in [2.24, 2.45) is 0 Å². The standard InChI is InChI=1S/C14H18BrNO3/c1-10(2)16(9-14(18)19-3)13(17)8-11-5-4-6-12(15)7-11/h4-7,10H,8-9H2,1-3H3. The first-order valence-corrected chi connectivity index (χ1v) is 6.84. The van der Waals surface area contributed by atoms with Crippen LogP contribution in [0, 0.1) is 0 Å². The molecule has 0 N–H and O–H groups in total. The van der Waals surface area contributed by atoms with Crippen LogP contribution in [0.2, 0.25) is 0 Å². The van der Waals surface area contributed by atoms with E-state index in [0.717, 1.165) is 10.0 Å². The Hall–Kier alpha value is -1.36. The molecule has 0 heterocycles. The zero-order valence-corrected chi connectivity index (χ0v) is 12.9. The van der Waals surface area contributed by atoms with Gasteiger partial charge in [-0.2, -0.15) is 0 Å². The summed E-state index contributed by atoms with van der Waals surface area (Å²) in [6.07, 6.45) is 0.272. The zero-order chi connectivity index (χ0) is 14.4. The Kier molecular flexibility index (Phi) is 6.02. The normalized spacial score (nSPS) is 10.4. The molecule has 1 amide bonds. The lowest BCUT2D eigenvalue weighted by atomic mass is 10.1. The Bertz CT molecular complexity index is 460. The molecule has 4 nitrogen and oxygen atoms in total. The molecule has 1 rings (SSSR count). The number of methoxy groups -OCH3 is 1. The monoisotopic (exact) mass is 327 g/mol. The van der Waals surface area contributed by atoms with Crippen LogP contribution < -0.4 is 0 Å². The number of rotatable bonds is 5. The van der Waals surface area contributed by atoms with Crippen LogP contribution in [0.5, 0.6) is 0 Å². The second-order valence-electron chi connectivity index (χ2n) is 4.50. The number of hydrogen-bond donors (Lipinski definition) is 0. The average Bonchev–Trinajstić information content (AvgIpc) is 2.35. The summed E-state index contributed by atoms with van der Waals surface area (Å²) >= 11 is 3.37. The summed E-state index contributed by atoms with van der Waals surface area (Å²) in [4.78, 5) is 25.1. The number of carbonyl (C=O) groups is 2. The van der Waals surface area contributed by atoms with Gasteiger partial charge < -0.3 is 9.64 Å². The number of halogens is 1. The van der Waals surface area contributed by atoms with E-state index in [9.17, 15) is 9.59 Å². The van der Waals surface area contributed by atoms with Gasteiger partial charge in [-0.15, -0.1) is 0 Å². The lowest BCUT2D eigenvalue weighted by Gasteiger charge is -2.25. The van der Waals surface area contributed by atoms with Gasteiger partial charge in [0.25, 0.3) is 0 Å². The van der Waals surface area contributed by atoms with Gasteiger partial charge >= 0.3 is 5.97 Å². The molecule has 0 unspecified atom stereocenters. The van der Waals surface area contributed by atoms with Crippen molar-refractivity contribution in [3.63, 3.8) is 0 Å². The predicted molar refractivity (Wildman–Crippen MR) is 76.7 cm³/mol. The van der Waals surface area contributed by atoms with E-state index in [1.807, 2.05) is 38.1 Å². The quantitative estimate of drug-likeness (QED) is 0.780. The molecule has 0 aliphatic heterocycles. The molecule has 0 aliphatic carbocycles. The molecule has 0 radical (unpaired) electrons. The Labute approximate surface area is 121 Å². The topological polar surface area (TPSA) is 46.6 Å². The molecule has 5 heteroatoms. The van der Waals surface area contributed by atoms with Gasteiger partial charge in [0, 0.05) is 10.5 Å². The maximum absolute atomic E-state index is 12.2. The third-order valence-corrected chi connectivity index (χ3v) is 3.21. The highest BCUT2D eigenvalue weighted by atomic mass is 79.9. The van der Waals surface area contributed by atoms with E-state index in [0.29, 0.717) is 0 Å². The first kappa shape index (κ1) is 15.7. The summed E-state index contributed by atoms with van der Waals surface area (Å²) in [6, 6.07) is 7.53. The van der Waals surface area contributed by atoms with Gasteiger partial charge in [-0.1, -0.05) is 28.1 Å². The number of hydrogen-bond acceptors (Lipinski definition) is 3. The Balaban J connectivity index is 2.75. The van der Waals surface area contributed by atoms with Crippen molar-refractivity contribution in [3.05, 3.63) is 34.3 Å². The number of benzene rings is 1. The van der Waals surface area contributed by atoms with Crippen molar-refractivity contribution in [1.82, 2.24) is 4.90 Å². The van der Waals surface area contributed by atoms with E-state index in [4.69, 9.17) is 0 Å². The van der Waals surface area contributed by atoms with E-state index in [2.05, 4.69) is 20.7 Å². The summed E-state index contributed by atoms with van der Waals surface area (Å²) in [5.41, 5.74) is 0.912.